The molecule has 0 saturated carbocycles. The van der Waals surface area contributed by atoms with Crippen LogP contribution in [-0.4, -0.2) is 24.6 Å². The molecule has 0 amide bonds. The SMILES string of the molecule is CCCCCCCCCP(Br)(CCCC)(CCCC)CCCCCCCCC. The predicted octanol–water partition coefficient (Wildman–Crippen LogP) is 11.0. The van der Waals surface area contributed by atoms with Crippen LogP contribution in [0.3, 0.4) is 0 Å². The second-order valence-electron chi connectivity index (χ2n) is 9.66. The molecule has 0 aromatic carbocycles. The molecule has 0 aliphatic heterocycles. The molecule has 0 aromatic heterocycles. The Hall–Kier alpha value is 0.910. The monoisotopic (exact) mass is 478 g/mol. The minimum atomic E-state index is -1.67. The number of hydrogen-bond acceptors (Lipinski definition) is 0. The van der Waals surface area contributed by atoms with E-state index in [0.717, 1.165) is 0 Å². The molecule has 0 radical (unpaired) electrons. The fraction of sp³-hybridized carbons (Fsp3) is 1.00. The first kappa shape index (κ1) is 28.9. The van der Waals surface area contributed by atoms with Gasteiger partial charge in [-0.1, -0.05) is 0 Å². The topological polar surface area (TPSA) is 0 Å². The van der Waals surface area contributed by atoms with Gasteiger partial charge in [0.1, 0.15) is 0 Å². The summed E-state index contributed by atoms with van der Waals surface area (Å²) in [6.45, 7) is 9.41. The van der Waals surface area contributed by atoms with Gasteiger partial charge < -0.3 is 0 Å². The van der Waals surface area contributed by atoms with E-state index in [1.807, 2.05) is 0 Å². The predicted molar refractivity (Wildman–Crippen MR) is 141 cm³/mol. The first-order valence-electron chi connectivity index (χ1n) is 13.3. The summed E-state index contributed by atoms with van der Waals surface area (Å²) >= 11 is 4.61. The molecule has 0 N–H and O–H groups in total. The molecule has 0 heterocycles. The van der Waals surface area contributed by atoms with Crippen molar-refractivity contribution in [2.45, 2.75) is 143 Å². The molecule has 0 aromatic rings. The van der Waals surface area contributed by atoms with Gasteiger partial charge in [0.2, 0.25) is 0 Å². The van der Waals surface area contributed by atoms with E-state index in [9.17, 15) is 0 Å². The zero-order valence-corrected chi connectivity index (χ0v) is 22.9. The zero-order chi connectivity index (χ0) is 21.0. The Morgan fingerprint density at radius 3 is 0.929 bits per heavy atom. The fourth-order valence-corrected chi connectivity index (χ4v) is 13.3. The summed E-state index contributed by atoms with van der Waals surface area (Å²) in [5.74, 6) is 0. The Bertz CT molecular complexity index is 298. The van der Waals surface area contributed by atoms with Crippen molar-refractivity contribution in [3.63, 3.8) is 0 Å². The van der Waals surface area contributed by atoms with Crippen LogP contribution in [0.2, 0.25) is 0 Å². The molecule has 0 spiro atoms. The second kappa shape index (κ2) is 18.7. The summed E-state index contributed by atoms with van der Waals surface area (Å²) in [5.41, 5.74) is 0. The van der Waals surface area contributed by atoms with Crippen LogP contribution in [0, 0.1) is 0 Å². The van der Waals surface area contributed by atoms with E-state index in [1.54, 1.807) is 0 Å². The Balaban J connectivity index is 4.58. The van der Waals surface area contributed by atoms with E-state index in [1.165, 1.54) is 140 Å². The summed E-state index contributed by atoms with van der Waals surface area (Å²) in [6.07, 6.45) is 32.0. The molecule has 0 rings (SSSR count). The number of hydrogen-bond donors (Lipinski definition) is 0. The molecule has 0 aliphatic carbocycles. The molecule has 0 unspecified atom stereocenters. The zero-order valence-electron chi connectivity index (χ0n) is 20.4. The van der Waals surface area contributed by atoms with Crippen molar-refractivity contribution in [2.75, 3.05) is 24.6 Å². The van der Waals surface area contributed by atoms with Gasteiger partial charge in [0, 0.05) is 0 Å². The third kappa shape index (κ3) is 14.8. The Morgan fingerprint density at radius 1 is 0.357 bits per heavy atom. The first-order valence-corrected chi connectivity index (χ1v) is 18.3. The first-order chi connectivity index (χ1) is 13.5. The van der Waals surface area contributed by atoms with E-state index < -0.39 is 5.31 Å². The van der Waals surface area contributed by atoms with E-state index in [0.29, 0.717) is 0 Å². The van der Waals surface area contributed by atoms with Crippen LogP contribution in [0.1, 0.15) is 143 Å². The number of unbranched alkanes of at least 4 members (excludes halogenated alkanes) is 14. The molecule has 0 fully saturated rings. The van der Waals surface area contributed by atoms with Gasteiger partial charge in [0.05, 0.1) is 0 Å². The number of halogens is 1. The van der Waals surface area contributed by atoms with Crippen molar-refractivity contribution < 1.29 is 0 Å². The summed E-state index contributed by atoms with van der Waals surface area (Å²) in [7, 11) is 0. The average molecular weight is 480 g/mol. The molecule has 0 atom stereocenters. The molecule has 2 heteroatoms. The van der Waals surface area contributed by atoms with Gasteiger partial charge >= 0.3 is 189 Å². The molecule has 0 nitrogen and oxygen atoms in total. The van der Waals surface area contributed by atoms with E-state index in [2.05, 4.69) is 43.2 Å². The van der Waals surface area contributed by atoms with Crippen molar-refractivity contribution in [3.8, 4) is 0 Å². The van der Waals surface area contributed by atoms with Crippen molar-refractivity contribution in [1.29, 1.82) is 0 Å². The second-order valence-corrected chi connectivity index (χ2v) is 21.1. The average Bonchev–Trinajstić information content (AvgIpc) is 2.70. The third-order valence-electron chi connectivity index (χ3n) is 6.78. The maximum atomic E-state index is 4.61. The van der Waals surface area contributed by atoms with E-state index in [-0.39, 0.29) is 0 Å². The summed E-state index contributed by atoms with van der Waals surface area (Å²) < 4.78 is 0. The maximum absolute atomic E-state index is 4.61. The Labute approximate surface area is 188 Å². The van der Waals surface area contributed by atoms with Gasteiger partial charge in [-0.25, -0.2) is 0 Å². The van der Waals surface area contributed by atoms with Gasteiger partial charge in [-0.15, -0.1) is 0 Å². The molecule has 172 valence electrons. The van der Waals surface area contributed by atoms with Crippen LogP contribution in [0.25, 0.3) is 0 Å². The van der Waals surface area contributed by atoms with Gasteiger partial charge in [0.15, 0.2) is 0 Å². The minimum absolute atomic E-state index is 1.36. The summed E-state index contributed by atoms with van der Waals surface area (Å²) in [6, 6.07) is 0. The van der Waals surface area contributed by atoms with Crippen LogP contribution in [0.5, 0.6) is 0 Å². The molecule has 0 bridgehead atoms. The van der Waals surface area contributed by atoms with E-state index >= 15 is 0 Å². The summed E-state index contributed by atoms with van der Waals surface area (Å²) in [4.78, 5) is 0. The Morgan fingerprint density at radius 2 is 0.607 bits per heavy atom. The van der Waals surface area contributed by atoms with Gasteiger partial charge in [0.25, 0.3) is 0 Å². The van der Waals surface area contributed by atoms with Crippen molar-refractivity contribution in [3.05, 3.63) is 0 Å². The third-order valence-corrected chi connectivity index (χ3v) is 16.8. The van der Waals surface area contributed by atoms with Crippen molar-refractivity contribution in [1.82, 2.24) is 0 Å². The molecule has 0 saturated heterocycles. The number of rotatable bonds is 22. The quantitative estimate of drug-likeness (QED) is 0.107. The van der Waals surface area contributed by atoms with Crippen molar-refractivity contribution in [2.24, 2.45) is 0 Å². The van der Waals surface area contributed by atoms with Crippen LogP contribution < -0.4 is 0 Å². The molecular formula is C26H56BrP. The molecule has 28 heavy (non-hydrogen) atoms. The molecule has 0 aliphatic rings. The van der Waals surface area contributed by atoms with Crippen LogP contribution in [-0.2, 0) is 0 Å². The molecular weight excluding hydrogens is 423 g/mol. The fourth-order valence-electron chi connectivity index (χ4n) is 4.71. The van der Waals surface area contributed by atoms with Crippen LogP contribution >= 0.6 is 20.8 Å². The summed E-state index contributed by atoms with van der Waals surface area (Å²) in [5, 5.41) is -1.67. The van der Waals surface area contributed by atoms with Gasteiger partial charge in [-0.05, 0) is 0 Å². The van der Waals surface area contributed by atoms with Crippen LogP contribution in [0.4, 0.5) is 0 Å². The standard InChI is InChI=1S/C26H56BrP/c1-5-9-13-15-17-19-21-25-28(27,23-11-7-3,24-12-8-4)26-22-20-18-16-14-10-6-2/h5-26H2,1-4H3. The van der Waals surface area contributed by atoms with Crippen molar-refractivity contribution >= 4 is 20.8 Å². The van der Waals surface area contributed by atoms with Gasteiger partial charge in [-0.2, -0.15) is 0 Å². The van der Waals surface area contributed by atoms with E-state index in [4.69, 9.17) is 0 Å². The Kier molecular flexibility index (Phi) is 19.3. The van der Waals surface area contributed by atoms with Gasteiger partial charge in [-0.3, -0.25) is 0 Å². The van der Waals surface area contributed by atoms with Crippen LogP contribution in [0.15, 0.2) is 0 Å². The normalized spacial score (nSPS) is 13.5.